The van der Waals surface area contributed by atoms with Crippen molar-refractivity contribution < 1.29 is 4.79 Å². The Kier molecular flexibility index (Phi) is 3.06. The van der Waals surface area contributed by atoms with Gasteiger partial charge in [0.05, 0.1) is 17.1 Å². The van der Waals surface area contributed by atoms with Crippen molar-refractivity contribution in [1.82, 2.24) is 9.78 Å². The normalized spacial score (nSPS) is 9.93. The predicted octanol–water partition coefficient (Wildman–Crippen LogP) is 1.64. The maximum absolute atomic E-state index is 11.1. The van der Waals surface area contributed by atoms with Crippen LogP contribution in [-0.2, 0) is 11.3 Å². The zero-order chi connectivity index (χ0) is 10.7. The van der Waals surface area contributed by atoms with Gasteiger partial charge >= 0.3 is 0 Å². The summed E-state index contributed by atoms with van der Waals surface area (Å²) in [5.74, 6) is -0.202. The van der Waals surface area contributed by atoms with Gasteiger partial charge in [0.25, 0.3) is 0 Å². The summed E-state index contributed by atoms with van der Waals surface area (Å²) in [7, 11) is 0. The molecule has 1 aromatic heterocycles. The van der Waals surface area contributed by atoms with Crippen LogP contribution in [0.1, 0.15) is 18.3 Å². The van der Waals surface area contributed by atoms with Crippen LogP contribution in [0, 0.1) is 13.8 Å². The second kappa shape index (κ2) is 4.09. The molecular formula is C10H15N3O. The molecule has 0 radical (unpaired) electrons. The number of nitrogens with zero attached hydrogens (tertiary/aromatic N) is 2. The second-order valence-corrected chi connectivity index (χ2v) is 3.05. The smallest absolute Gasteiger partial charge is 0.247 e. The molecule has 0 aliphatic heterocycles. The first-order valence-electron chi connectivity index (χ1n) is 4.57. The fraction of sp³-hybridized carbons (Fsp3) is 0.400. The summed E-state index contributed by atoms with van der Waals surface area (Å²) in [5.41, 5.74) is 2.59. The Morgan fingerprint density at radius 3 is 2.71 bits per heavy atom. The Labute approximate surface area is 83.6 Å². The number of hydrogen-bond acceptors (Lipinski definition) is 2. The second-order valence-electron chi connectivity index (χ2n) is 3.05. The topological polar surface area (TPSA) is 46.9 Å². The van der Waals surface area contributed by atoms with E-state index in [9.17, 15) is 4.79 Å². The minimum atomic E-state index is -0.202. The van der Waals surface area contributed by atoms with Crippen molar-refractivity contribution in [2.24, 2.45) is 0 Å². The van der Waals surface area contributed by atoms with E-state index in [-0.39, 0.29) is 5.91 Å². The third kappa shape index (κ3) is 1.84. The Hall–Kier alpha value is -1.58. The molecular weight excluding hydrogens is 178 g/mol. The number of carbonyl (C=O) groups is 1. The van der Waals surface area contributed by atoms with E-state index in [4.69, 9.17) is 0 Å². The van der Waals surface area contributed by atoms with Gasteiger partial charge in [0, 0.05) is 6.54 Å². The first kappa shape index (κ1) is 10.5. The quantitative estimate of drug-likeness (QED) is 0.742. The number of anilines is 1. The summed E-state index contributed by atoms with van der Waals surface area (Å²) in [4.78, 5) is 11.1. The highest BCUT2D eigenvalue weighted by Gasteiger charge is 2.11. The van der Waals surface area contributed by atoms with Gasteiger partial charge in [-0.1, -0.05) is 6.58 Å². The van der Waals surface area contributed by atoms with Crippen molar-refractivity contribution in [3.8, 4) is 0 Å². The molecule has 4 nitrogen and oxygen atoms in total. The molecule has 1 rings (SSSR count). The zero-order valence-electron chi connectivity index (χ0n) is 8.79. The van der Waals surface area contributed by atoms with Gasteiger partial charge in [-0.2, -0.15) is 5.10 Å². The Balaban J connectivity index is 3.02. The Bertz CT molecular complexity index is 366. The number of nitrogens with one attached hydrogen (secondary N) is 1. The van der Waals surface area contributed by atoms with E-state index in [1.807, 2.05) is 25.5 Å². The average molecular weight is 193 g/mol. The van der Waals surface area contributed by atoms with Crippen molar-refractivity contribution in [3.63, 3.8) is 0 Å². The molecule has 0 saturated heterocycles. The molecule has 14 heavy (non-hydrogen) atoms. The SMILES string of the molecule is C=CC(=O)Nc1c(C)nn(CC)c1C. The van der Waals surface area contributed by atoms with E-state index in [1.54, 1.807) is 0 Å². The number of aryl methyl sites for hydroxylation is 2. The van der Waals surface area contributed by atoms with Gasteiger partial charge in [-0.3, -0.25) is 9.48 Å². The van der Waals surface area contributed by atoms with Crippen LogP contribution in [0.15, 0.2) is 12.7 Å². The van der Waals surface area contributed by atoms with Gasteiger partial charge in [-0.15, -0.1) is 0 Å². The number of rotatable bonds is 3. The van der Waals surface area contributed by atoms with Gasteiger partial charge in [0.1, 0.15) is 0 Å². The van der Waals surface area contributed by atoms with E-state index in [2.05, 4.69) is 17.0 Å². The molecule has 0 aliphatic carbocycles. The van der Waals surface area contributed by atoms with Crippen LogP contribution < -0.4 is 5.32 Å². The summed E-state index contributed by atoms with van der Waals surface area (Å²) >= 11 is 0. The molecule has 0 unspecified atom stereocenters. The van der Waals surface area contributed by atoms with Crippen molar-refractivity contribution >= 4 is 11.6 Å². The lowest BCUT2D eigenvalue weighted by atomic mass is 10.3. The summed E-state index contributed by atoms with van der Waals surface area (Å²) in [6.07, 6.45) is 1.25. The summed E-state index contributed by atoms with van der Waals surface area (Å²) < 4.78 is 1.86. The van der Waals surface area contributed by atoms with Gasteiger partial charge in [0.15, 0.2) is 0 Å². The van der Waals surface area contributed by atoms with E-state index in [0.29, 0.717) is 0 Å². The van der Waals surface area contributed by atoms with E-state index in [1.165, 1.54) is 6.08 Å². The molecule has 1 N–H and O–H groups in total. The molecule has 1 amide bonds. The molecule has 1 heterocycles. The highest BCUT2D eigenvalue weighted by Crippen LogP contribution is 2.18. The summed E-state index contributed by atoms with van der Waals surface area (Å²) in [5, 5.41) is 7.03. The number of carbonyl (C=O) groups excluding carboxylic acids is 1. The van der Waals surface area contributed by atoms with E-state index in [0.717, 1.165) is 23.6 Å². The van der Waals surface area contributed by atoms with Gasteiger partial charge in [0.2, 0.25) is 5.91 Å². The lowest BCUT2D eigenvalue weighted by Crippen LogP contribution is -2.09. The number of aromatic nitrogens is 2. The van der Waals surface area contributed by atoms with Crippen LogP contribution in [0.5, 0.6) is 0 Å². The molecule has 0 aromatic carbocycles. The molecule has 0 spiro atoms. The first-order chi connectivity index (χ1) is 6.60. The average Bonchev–Trinajstić information content (AvgIpc) is 2.44. The minimum Gasteiger partial charge on any atom is -0.319 e. The van der Waals surface area contributed by atoms with Crippen molar-refractivity contribution in [2.45, 2.75) is 27.3 Å². The third-order valence-corrected chi connectivity index (χ3v) is 2.11. The molecule has 0 fully saturated rings. The number of amides is 1. The standard InChI is InChI=1S/C10H15N3O/c1-5-9(14)11-10-7(3)12-13(6-2)8(10)4/h5H,1,6H2,2-4H3,(H,11,14). The fourth-order valence-electron chi connectivity index (χ4n) is 1.36. The van der Waals surface area contributed by atoms with Gasteiger partial charge in [-0.05, 0) is 26.8 Å². The van der Waals surface area contributed by atoms with Crippen molar-refractivity contribution in [2.75, 3.05) is 5.32 Å². The highest BCUT2D eigenvalue weighted by molar-refractivity contribution is 5.99. The molecule has 0 atom stereocenters. The summed E-state index contributed by atoms with van der Waals surface area (Å²) in [6, 6.07) is 0. The van der Waals surface area contributed by atoms with Crippen LogP contribution >= 0.6 is 0 Å². The van der Waals surface area contributed by atoms with E-state index >= 15 is 0 Å². The highest BCUT2D eigenvalue weighted by atomic mass is 16.1. The molecule has 0 bridgehead atoms. The molecule has 4 heteroatoms. The first-order valence-corrected chi connectivity index (χ1v) is 4.57. The monoisotopic (exact) mass is 193 g/mol. The molecule has 1 aromatic rings. The lowest BCUT2D eigenvalue weighted by molar-refractivity contribution is -0.111. The van der Waals surface area contributed by atoms with E-state index < -0.39 is 0 Å². The maximum atomic E-state index is 11.1. The fourth-order valence-corrected chi connectivity index (χ4v) is 1.36. The third-order valence-electron chi connectivity index (χ3n) is 2.11. The van der Waals surface area contributed by atoms with Gasteiger partial charge < -0.3 is 5.32 Å². The van der Waals surface area contributed by atoms with Crippen LogP contribution in [0.2, 0.25) is 0 Å². The zero-order valence-corrected chi connectivity index (χ0v) is 8.79. The predicted molar refractivity (Wildman–Crippen MR) is 56.2 cm³/mol. The number of hydrogen-bond donors (Lipinski definition) is 1. The minimum absolute atomic E-state index is 0.202. The lowest BCUT2D eigenvalue weighted by Gasteiger charge is -2.02. The summed E-state index contributed by atoms with van der Waals surface area (Å²) in [6.45, 7) is 10.0. The van der Waals surface area contributed by atoms with Crippen molar-refractivity contribution in [3.05, 3.63) is 24.0 Å². The molecule has 0 aliphatic rings. The Morgan fingerprint density at radius 2 is 2.29 bits per heavy atom. The Morgan fingerprint density at radius 1 is 1.64 bits per heavy atom. The maximum Gasteiger partial charge on any atom is 0.247 e. The van der Waals surface area contributed by atoms with Crippen LogP contribution in [0.4, 0.5) is 5.69 Å². The van der Waals surface area contributed by atoms with Gasteiger partial charge in [-0.25, -0.2) is 0 Å². The molecule has 76 valence electrons. The van der Waals surface area contributed by atoms with Crippen LogP contribution in [0.25, 0.3) is 0 Å². The largest absolute Gasteiger partial charge is 0.319 e. The van der Waals surface area contributed by atoms with Crippen molar-refractivity contribution in [1.29, 1.82) is 0 Å². The van der Waals surface area contributed by atoms with Crippen LogP contribution in [0.3, 0.4) is 0 Å². The van der Waals surface area contributed by atoms with Crippen LogP contribution in [-0.4, -0.2) is 15.7 Å². The molecule has 0 saturated carbocycles.